The third-order valence-corrected chi connectivity index (χ3v) is 10.7. The molecule has 0 aromatic carbocycles. The Hall–Kier alpha value is -1.59. The number of esters is 3. The van der Waals surface area contributed by atoms with Gasteiger partial charge in [0.2, 0.25) is 0 Å². The number of carbonyl (C=O) groups excluding carboxylic acids is 3. The number of hydrogen-bond acceptors (Lipinski definition) is 6. The van der Waals surface area contributed by atoms with Gasteiger partial charge in [0.25, 0.3) is 0 Å². The fourth-order valence-electron chi connectivity index (χ4n) is 7.11. The third kappa shape index (κ3) is 41.6. The molecule has 1 atom stereocenters. The van der Waals surface area contributed by atoms with E-state index >= 15 is 0 Å². The van der Waals surface area contributed by atoms with Gasteiger partial charge in [0.05, 0.1) is 0 Å². The summed E-state index contributed by atoms with van der Waals surface area (Å²) < 4.78 is 16.7. The van der Waals surface area contributed by atoms with Crippen LogP contribution in [0.2, 0.25) is 0 Å². The van der Waals surface area contributed by atoms with E-state index in [9.17, 15) is 14.4 Å². The van der Waals surface area contributed by atoms with E-state index in [0.717, 1.165) is 69.6 Å². The molecule has 0 rings (SSSR count). The van der Waals surface area contributed by atoms with Crippen molar-refractivity contribution in [3.05, 3.63) is 0 Å². The van der Waals surface area contributed by atoms with E-state index < -0.39 is 6.10 Å². The van der Waals surface area contributed by atoms with Crippen molar-refractivity contribution in [1.82, 2.24) is 0 Å². The van der Waals surface area contributed by atoms with Crippen molar-refractivity contribution < 1.29 is 28.6 Å². The van der Waals surface area contributed by atoms with Gasteiger partial charge in [-0.05, 0) is 31.1 Å². The molecule has 6 nitrogen and oxygen atoms in total. The molecule has 54 heavy (non-hydrogen) atoms. The van der Waals surface area contributed by atoms with Crippen LogP contribution in [0, 0.1) is 11.8 Å². The van der Waals surface area contributed by atoms with Gasteiger partial charge in [0, 0.05) is 19.3 Å². The molecule has 0 unspecified atom stereocenters. The first-order valence-corrected chi connectivity index (χ1v) is 23.7. The molecular formula is C48H92O6. The molecule has 0 saturated carbocycles. The Morgan fingerprint density at radius 2 is 0.611 bits per heavy atom. The van der Waals surface area contributed by atoms with Gasteiger partial charge in [-0.25, -0.2) is 0 Å². The van der Waals surface area contributed by atoms with E-state index in [1.165, 1.54) is 148 Å². The minimum absolute atomic E-state index is 0.0649. The third-order valence-electron chi connectivity index (χ3n) is 10.7. The van der Waals surface area contributed by atoms with Crippen LogP contribution in [0.5, 0.6) is 0 Å². The minimum atomic E-state index is -0.759. The summed E-state index contributed by atoms with van der Waals surface area (Å²) in [5.41, 5.74) is 0. The van der Waals surface area contributed by atoms with Crippen LogP contribution in [-0.4, -0.2) is 37.2 Å². The number of ether oxygens (including phenoxy) is 3. The number of carbonyl (C=O) groups is 3. The quantitative estimate of drug-likeness (QED) is 0.0350. The zero-order chi connectivity index (χ0) is 39.7. The molecule has 0 spiro atoms. The van der Waals surface area contributed by atoms with Gasteiger partial charge in [0.1, 0.15) is 13.2 Å². The largest absolute Gasteiger partial charge is 0.462 e. The number of unbranched alkanes of at least 4 members (excludes halogenated alkanes) is 27. The Morgan fingerprint density at radius 1 is 0.352 bits per heavy atom. The molecule has 0 saturated heterocycles. The van der Waals surface area contributed by atoms with Crippen LogP contribution in [0.1, 0.15) is 259 Å². The summed E-state index contributed by atoms with van der Waals surface area (Å²) in [5, 5.41) is 0. The predicted octanol–water partition coefficient (Wildman–Crippen LogP) is 15.0. The summed E-state index contributed by atoms with van der Waals surface area (Å²) in [6.45, 7) is 11.3. The average molecular weight is 765 g/mol. The van der Waals surface area contributed by atoms with Crippen LogP contribution >= 0.6 is 0 Å². The van der Waals surface area contributed by atoms with Crippen molar-refractivity contribution in [1.29, 1.82) is 0 Å². The molecular weight excluding hydrogens is 673 g/mol. The Kier molecular flexibility index (Phi) is 39.8. The van der Waals surface area contributed by atoms with Crippen molar-refractivity contribution in [3.8, 4) is 0 Å². The lowest BCUT2D eigenvalue weighted by atomic mass is 10.0. The van der Waals surface area contributed by atoms with Crippen molar-refractivity contribution in [3.63, 3.8) is 0 Å². The van der Waals surface area contributed by atoms with Crippen molar-refractivity contribution in [2.24, 2.45) is 11.8 Å². The van der Waals surface area contributed by atoms with Crippen LogP contribution in [0.25, 0.3) is 0 Å². The highest BCUT2D eigenvalue weighted by Crippen LogP contribution is 2.17. The number of hydrogen-bond donors (Lipinski definition) is 0. The first-order chi connectivity index (χ1) is 26.2. The lowest BCUT2D eigenvalue weighted by Crippen LogP contribution is -2.30. The topological polar surface area (TPSA) is 78.9 Å². The molecule has 0 bridgehead atoms. The molecule has 0 aromatic heterocycles. The fourth-order valence-corrected chi connectivity index (χ4v) is 7.11. The van der Waals surface area contributed by atoms with Crippen molar-refractivity contribution >= 4 is 17.9 Å². The van der Waals surface area contributed by atoms with E-state index in [0.29, 0.717) is 19.3 Å². The zero-order valence-corrected chi connectivity index (χ0v) is 36.8. The highest BCUT2D eigenvalue weighted by Gasteiger charge is 2.19. The Bertz CT molecular complexity index is 824. The smallest absolute Gasteiger partial charge is 0.306 e. The Morgan fingerprint density at radius 3 is 0.907 bits per heavy atom. The van der Waals surface area contributed by atoms with Gasteiger partial charge in [0.15, 0.2) is 6.10 Å². The van der Waals surface area contributed by atoms with Gasteiger partial charge in [-0.1, -0.05) is 221 Å². The highest BCUT2D eigenvalue weighted by atomic mass is 16.6. The normalized spacial score (nSPS) is 12.1. The van der Waals surface area contributed by atoms with E-state index in [-0.39, 0.29) is 31.1 Å². The lowest BCUT2D eigenvalue weighted by molar-refractivity contribution is -0.167. The van der Waals surface area contributed by atoms with Crippen LogP contribution < -0.4 is 0 Å². The van der Waals surface area contributed by atoms with Gasteiger partial charge < -0.3 is 14.2 Å². The summed E-state index contributed by atoms with van der Waals surface area (Å²) in [4.78, 5) is 37.6. The summed E-state index contributed by atoms with van der Waals surface area (Å²) in [5.74, 6) is 0.796. The highest BCUT2D eigenvalue weighted by molar-refractivity contribution is 5.71. The van der Waals surface area contributed by atoms with Gasteiger partial charge >= 0.3 is 17.9 Å². The molecule has 0 aliphatic carbocycles. The molecule has 0 amide bonds. The Balaban J connectivity index is 4.25. The molecule has 0 heterocycles. The maximum absolute atomic E-state index is 12.7. The molecule has 320 valence electrons. The van der Waals surface area contributed by atoms with E-state index in [2.05, 4.69) is 34.6 Å². The molecule has 0 radical (unpaired) electrons. The molecule has 0 N–H and O–H groups in total. The molecule has 6 heteroatoms. The monoisotopic (exact) mass is 765 g/mol. The second-order valence-corrected chi connectivity index (χ2v) is 17.3. The standard InChI is InChI=1S/C48H92O6/c1-6-7-8-9-21-28-33-38-46(49)52-41-45(42-53-47(50)39-34-29-24-19-16-15-18-23-27-32-37-44(4)5)54-48(51)40-35-30-25-20-14-12-10-11-13-17-22-26-31-36-43(2)3/h43-45H,6-42H2,1-5H3/t45-/m0/s1. The summed E-state index contributed by atoms with van der Waals surface area (Å²) in [6, 6.07) is 0. The SMILES string of the molecule is CCCCCCCCCC(=O)OC[C@@H](COC(=O)CCCCCCCCCCCCC(C)C)OC(=O)CCCCCCCCCCCCCCCC(C)C. The van der Waals surface area contributed by atoms with E-state index in [1.54, 1.807) is 0 Å². The first-order valence-electron chi connectivity index (χ1n) is 23.7. The van der Waals surface area contributed by atoms with Crippen molar-refractivity contribution in [2.75, 3.05) is 13.2 Å². The van der Waals surface area contributed by atoms with Gasteiger partial charge in [-0.2, -0.15) is 0 Å². The van der Waals surface area contributed by atoms with Gasteiger partial charge in [-0.3, -0.25) is 14.4 Å². The zero-order valence-electron chi connectivity index (χ0n) is 36.8. The second kappa shape index (κ2) is 41.1. The maximum Gasteiger partial charge on any atom is 0.306 e. The number of rotatable bonds is 42. The molecule has 0 aromatic rings. The van der Waals surface area contributed by atoms with Crippen LogP contribution in [0.4, 0.5) is 0 Å². The second-order valence-electron chi connectivity index (χ2n) is 17.3. The molecule has 0 aliphatic heterocycles. The van der Waals surface area contributed by atoms with Crippen LogP contribution in [0.15, 0.2) is 0 Å². The minimum Gasteiger partial charge on any atom is -0.462 e. The Labute approximate surface area is 336 Å². The predicted molar refractivity (Wildman–Crippen MR) is 229 cm³/mol. The summed E-state index contributed by atoms with van der Waals surface area (Å²) in [7, 11) is 0. The van der Waals surface area contributed by atoms with Crippen LogP contribution in [0.3, 0.4) is 0 Å². The van der Waals surface area contributed by atoms with E-state index in [1.807, 2.05) is 0 Å². The summed E-state index contributed by atoms with van der Waals surface area (Å²) >= 11 is 0. The maximum atomic E-state index is 12.7. The summed E-state index contributed by atoms with van der Waals surface area (Å²) in [6.07, 6.45) is 39.6. The fraction of sp³-hybridized carbons (Fsp3) is 0.938. The average Bonchev–Trinajstić information content (AvgIpc) is 3.14. The molecule has 0 aliphatic rings. The lowest BCUT2D eigenvalue weighted by Gasteiger charge is -2.18. The van der Waals surface area contributed by atoms with Crippen molar-refractivity contribution in [2.45, 2.75) is 265 Å². The van der Waals surface area contributed by atoms with Crippen LogP contribution in [-0.2, 0) is 28.6 Å². The first kappa shape index (κ1) is 52.4. The molecule has 0 fully saturated rings. The van der Waals surface area contributed by atoms with E-state index in [4.69, 9.17) is 14.2 Å². The van der Waals surface area contributed by atoms with Gasteiger partial charge in [-0.15, -0.1) is 0 Å².